The Hall–Kier alpha value is -3.32. The molecule has 0 bridgehead atoms. The molecule has 2 N–H and O–H groups in total. The number of sulfonamides is 1. The Balaban J connectivity index is 1.47. The van der Waals surface area contributed by atoms with Crippen molar-refractivity contribution in [2.45, 2.75) is 6.18 Å². The van der Waals surface area contributed by atoms with Crippen LogP contribution in [0.5, 0.6) is 0 Å². The molecule has 4 rings (SSSR count). The third-order valence-corrected chi connectivity index (χ3v) is 6.13. The molecule has 3 heterocycles. The van der Waals surface area contributed by atoms with E-state index in [9.17, 15) is 26.4 Å². The fourth-order valence-electron chi connectivity index (χ4n) is 3.56. The topological polar surface area (TPSA) is 109 Å². The highest BCUT2D eigenvalue weighted by atomic mass is 35.5. The monoisotopic (exact) mass is 528 g/mol. The summed E-state index contributed by atoms with van der Waals surface area (Å²) in [6.07, 6.45) is 1.24. The van der Waals surface area contributed by atoms with Gasteiger partial charge in [-0.3, -0.25) is 9.52 Å². The maximum atomic E-state index is 12.8. The predicted octanol–water partition coefficient (Wildman–Crippen LogP) is 3.76. The lowest BCUT2D eigenvalue weighted by Crippen LogP contribution is -2.53. The standard InChI is InChI=1S/C21H20ClF3N6O3S/c1-30-9-12(20(32)28-15-4-14(22)5-16(6-15)29-35(2,33)34)3-18(30)19-26-7-17(8-27-19)31-10-13(11-31)21(23,24)25/h3-9,13,29H,10-11H2,1-2H3,(H,28,32). The summed E-state index contributed by atoms with van der Waals surface area (Å²) in [5, 5.41) is 2.88. The highest BCUT2D eigenvalue weighted by Gasteiger charge is 2.47. The van der Waals surface area contributed by atoms with Crippen LogP contribution in [0.2, 0.25) is 5.02 Å². The van der Waals surface area contributed by atoms with E-state index in [1.807, 2.05) is 0 Å². The second kappa shape index (κ2) is 9.04. The van der Waals surface area contributed by atoms with Gasteiger partial charge in [0.2, 0.25) is 10.0 Å². The van der Waals surface area contributed by atoms with E-state index in [0.717, 1.165) is 6.26 Å². The number of nitrogens with one attached hydrogen (secondary N) is 2. The molecule has 3 aromatic rings. The van der Waals surface area contributed by atoms with Crippen molar-refractivity contribution in [3.8, 4) is 11.5 Å². The average molecular weight is 529 g/mol. The van der Waals surface area contributed by atoms with Crippen LogP contribution in [0.15, 0.2) is 42.9 Å². The van der Waals surface area contributed by atoms with Crippen LogP contribution in [0.4, 0.5) is 30.2 Å². The molecule has 1 saturated heterocycles. The summed E-state index contributed by atoms with van der Waals surface area (Å²) in [6, 6.07) is 5.87. The van der Waals surface area contributed by atoms with Crippen molar-refractivity contribution in [2.24, 2.45) is 13.0 Å². The number of halogens is 4. The van der Waals surface area contributed by atoms with Crippen molar-refractivity contribution in [3.05, 3.63) is 53.4 Å². The van der Waals surface area contributed by atoms with E-state index in [0.29, 0.717) is 17.2 Å². The number of aryl methyl sites for hydroxylation is 1. The van der Waals surface area contributed by atoms with Crippen LogP contribution in [0.3, 0.4) is 0 Å². The van der Waals surface area contributed by atoms with Gasteiger partial charge in [0.15, 0.2) is 5.82 Å². The summed E-state index contributed by atoms with van der Waals surface area (Å²) >= 11 is 6.03. The number of alkyl halides is 3. The van der Waals surface area contributed by atoms with Gasteiger partial charge >= 0.3 is 6.18 Å². The first-order chi connectivity index (χ1) is 16.3. The summed E-state index contributed by atoms with van der Waals surface area (Å²) in [5.41, 5.74) is 1.76. The molecule has 35 heavy (non-hydrogen) atoms. The van der Waals surface area contributed by atoms with Crippen molar-refractivity contribution < 1.29 is 26.4 Å². The Kier molecular flexibility index (Phi) is 6.40. The number of nitrogens with zero attached hydrogens (tertiary/aromatic N) is 4. The molecule has 0 saturated carbocycles. The van der Waals surface area contributed by atoms with Crippen LogP contribution in [0.25, 0.3) is 11.5 Å². The van der Waals surface area contributed by atoms with E-state index < -0.39 is 28.0 Å². The zero-order valence-electron chi connectivity index (χ0n) is 18.5. The van der Waals surface area contributed by atoms with Gasteiger partial charge in [0.1, 0.15) is 0 Å². The first-order valence-electron chi connectivity index (χ1n) is 10.2. The Labute approximate surface area is 204 Å². The van der Waals surface area contributed by atoms with Gasteiger partial charge < -0.3 is 14.8 Å². The smallest absolute Gasteiger partial charge is 0.368 e. The molecule has 1 aliphatic rings. The van der Waals surface area contributed by atoms with Gasteiger partial charge in [-0.05, 0) is 24.3 Å². The Morgan fingerprint density at radius 2 is 1.74 bits per heavy atom. The molecule has 0 atom stereocenters. The maximum absolute atomic E-state index is 12.8. The summed E-state index contributed by atoms with van der Waals surface area (Å²) < 4.78 is 65.0. The van der Waals surface area contributed by atoms with E-state index in [2.05, 4.69) is 20.0 Å². The number of anilines is 3. The minimum Gasteiger partial charge on any atom is -0.368 e. The Morgan fingerprint density at radius 3 is 2.34 bits per heavy atom. The predicted molar refractivity (Wildman–Crippen MR) is 126 cm³/mol. The van der Waals surface area contributed by atoms with E-state index >= 15 is 0 Å². The van der Waals surface area contributed by atoms with Crippen LogP contribution >= 0.6 is 11.6 Å². The van der Waals surface area contributed by atoms with Crippen LogP contribution < -0.4 is 14.9 Å². The summed E-state index contributed by atoms with van der Waals surface area (Å²) in [7, 11) is -1.84. The summed E-state index contributed by atoms with van der Waals surface area (Å²) in [5.74, 6) is -1.53. The normalized spacial score (nSPS) is 14.5. The number of carbonyl (C=O) groups is 1. The molecule has 9 nitrogen and oxygen atoms in total. The Morgan fingerprint density at radius 1 is 1.11 bits per heavy atom. The zero-order chi connectivity index (χ0) is 25.5. The third kappa shape index (κ3) is 5.85. The molecule has 0 aliphatic carbocycles. The molecule has 1 aromatic carbocycles. The lowest BCUT2D eigenvalue weighted by molar-refractivity contribution is -0.180. The maximum Gasteiger partial charge on any atom is 0.395 e. The van der Waals surface area contributed by atoms with E-state index in [1.54, 1.807) is 28.8 Å². The second-order valence-corrected chi connectivity index (χ2v) is 10.4. The number of carbonyl (C=O) groups excluding carboxylic acids is 1. The van der Waals surface area contributed by atoms with Crippen molar-refractivity contribution in [2.75, 3.05) is 34.3 Å². The highest BCUT2D eigenvalue weighted by molar-refractivity contribution is 7.92. The van der Waals surface area contributed by atoms with Crippen LogP contribution in [0.1, 0.15) is 10.4 Å². The molecule has 1 fully saturated rings. The number of hydrogen-bond donors (Lipinski definition) is 2. The van der Waals surface area contributed by atoms with Gasteiger partial charge in [-0.1, -0.05) is 11.6 Å². The SMILES string of the molecule is Cn1cc(C(=O)Nc2cc(Cl)cc(NS(C)(=O)=O)c2)cc1-c1ncc(N2CC(C(F)(F)F)C2)cn1. The van der Waals surface area contributed by atoms with E-state index in [-0.39, 0.29) is 35.1 Å². The van der Waals surface area contributed by atoms with Gasteiger partial charge in [-0.15, -0.1) is 0 Å². The first kappa shape index (κ1) is 24.8. The fourth-order valence-corrected chi connectivity index (χ4v) is 4.34. The Bertz CT molecular complexity index is 1370. The van der Waals surface area contributed by atoms with Gasteiger partial charge in [0.25, 0.3) is 5.91 Å². The molecule has 186 valence electrons. The van der Waals surface area contributed by atoms with Crippen LogP contribution in [-0.4, -0.2) is 54.4 Å². The molecule has 1 aliphatic heterocycles. The second-order valence-electron chi connectivity index (χ2n) is 8.19. The molecule has 0 unspecified atom stereocenters. The zero-order valence-corrected chi connectivity index (χ0v) is 20.0. The minimum atomic E-state index is -4.21. The van der Waals surface area contributed by atoms with Crippen LogP contribution in [0, 0.1) is 5.92 Å². The van der Waals surface area contributed by atoms with Crippen molar-refractivity contribution in [3.63, 3.8) is 0 Å². The van der Waals surface area contributed by atoms with Crippen molar-refractivity contribution >= 4 is 44.6 Å². The minimum absolute atomic E-state index is 0.133. The quantitative estimate of drug-likeness (QED) is 0.504. The summed E-state index contributed by atoms with van der Waals surface area (Å²) in [4.78, 5) is 22.8. The fraction of sp³-hybridized carbons (Fsp3) is 0.286. The molecule has 0 spiro atoms. The summed E-state index contributed by atoms with van der Waals surface area (Å²) in [6.45, 7) is -0.267. The first-order valence-corrected chi connectivity index (χ1v) is 12.5. The van der Waals surface area contributed by atoms with Gasteiger partial charge in [0.05, 0.1) is 47.2 Å². The van der Waals surface area contributed by atoms with Gasteiger partial charge in [0, 0.05) is 37.0 Å². The third-order valence-electron chi connectivity index (χ3n) is 5.30. The number of amides is 1. The molecular formula is C21H20ClF3N6O3S. The number of rotatable bonds is 6. The lowest BCUT2D eigenvalue weighted by atomic mass is 9.99. The lowest BCUT2D eigenvalue weighted by Gasteiger charge is -2.41. The molecular weight excluding hydrogens is 509 g/mol. The largest absolute Gasteiger partial charge is 0.395 e. The van der Waals surface area contributed by atoms with Gasteiger partial charge in [-0.2, -0.15) is 13.2 Å². The number of benzene rings is 1. The highest BCUT2D eigenvalue weighted by Crippen LogP contribution is 2.36. The number of hydrogen-bond acceptors (Lipinski definition) is 6. The molecule has 1 amide bonds. The van der Waals surface area contributed by atoms with E-state index in [4.69, 9.17) is 11.6 Å². The molecule has 14 heteroatoms. The molecule has 0 radical (unpaired) electrons. The van der Waals surface area contributed by atoms with E-state index in [1.165, 1.54) is 30.6 Å². The van der Waals surface area contributed by atoms with Crippen molar-refractivity contribution in [1.82, 2.24) is 14.5 Å². The van der Waals surface area contributed by atoms with Crippen molar-refractivity contribution in [1.29, 1.82) is 0 Å². The number of aromatic nitrogens is 3. The van der Waals surface area contributed by atoms with Crippen LogP contribution in [-0.2, 0) is 17.1 Å². The average Bonchev–Trinajstić information content (AvgIpc) is 3.06. The van der Waals surface area contributed by atoms with Gasteiger partial charge in [-0.25, -0.2) is 18.4 Å². The molecule has 2 aromatic heterocycles.